The highest BCUT2D eigenvalue weighted by atomic mass is 35.5. The van der Waals surface area contributed by atoms with Crippen molar-refractivity contribution >= 4 is 12.4 Å². The van der Waals surface area contributed by atoms with E-state index in [4.69, 9.17) is 5.73 Å². The van der Waals surface area contributed by atoms with Crippen LogP contribution in [0, 0.1) is 11.6 Å². The molecule has 0 radical (unpaired) electrons. The second kappa shape index (κ2) is 5.25. The maximum absolute atomic E-state index is 13.4. The number of halogens is 3. The number of hydrogen-bond donors (Lipinski definition) is 1. The summed E-state index contributed by atoms with van der Waals surface area (Å²) in [6.45, 7) is 1.79. The first-order valence-corrected chi connectivity index (χ1v) is 4.83. The summed E-state index contributed by atoms with van der Waals surface area (Å²) in [6, 6.07) is 3.17. The molecule has 0 saturated heterocycles. The highest BCUT2D eigenvalue weighted by Gasteiger charge is 2.08. The summed E-state index contributed by atoms with van der Waals surface area (Å²) in [7, 11) is 0. The maximum atomic E-state index is 13.4. The van der Waals surface area contributed by atoms with E-state index in [1.54, 1.807) is 13.1 Å². The summed E-state index contributed by atoms with van der Waals surface area (Å²) < 4.78 is 27.6. The Kier molecular flexibility index (Phi) is 4.20. The second-order valence-electron chi connectivity index (χ2n) is 3.59. The van der Waals surface area contributed by atoms with Crippen LogP contribution in [0.15, 0.2) is 30.7 Å². The second-order valence-corrected chi connectivity index (χ2v) is 3.59. The number of aromatic nitrogens is 2. The summed E-state index contributed by atoms with van der Waals surface area (Å²) in [5, 5.41) is 0. The van der Waals surface area contributed by atoms with Crippen LogP contribution in [0.2, 0.25) is 0 Å². The lowest BCUT2D eigenvalue weighted by Gasteiger charge is -2.03. The molecule has 1 unspecified atom stereocenters. The molecule has 3 nitrogen and oxygen atoms in total. The van der Waals surface area contributed by atoms with Crippen LogP contribution in [0.1, 0.15) is 18.7 Å². The summed E-state index contributed by atoms with van der Waals surface area (Å²) in [5.74, 6) is -1.23. The molecule has 2 rings (SSSR count). The van der Waals surface area contributed by atoms with Crippen LogP contribution >= 0.6 is 12.4 Å². The smallest absolute Gasteiger partial charge is 0.150 e. The van der Waals surface area contributed by atoms with E-state index >= 15 is 0 Å². The van der Waals surface area contributed by atoms with Gasteiger partial charge >= 0.3 is 0 Å². The zero-order valence-electron chi connectivity index (χ0n) is 9.10. The quantitative estimate of drug-likeness (QED) is 0.901. The number of nitrogens with two attached hydrogens (primary N) is 1. The van der Waals surface area contributed by atoms with E-state index in [9.17, 15) is 8.78 Å². The molecule has 0 aliphatic rings. The van der Waals surface area contributed by atoms with Gasteiger partial charge in [-0.2, -0.15) is 0 Å². The lowest BCUT2D eigenvalue weighted by Crippen LogP contribution is -2.05. The Bertz CT molecular complexity index is 511. The molecule has 0 aliphatic carbocycles. The number of imidazole rings is 1. The van der Waals surface area contributed by atoms with E-state index in [0.717, 1.165) is 6.07 Å². The molecule has 1 heterocycles. The van der Waals surface area contributed by atoms with Crippen LogP contribution in [0.25, 0.3) is 5.69 Å². The molecule has 1 aromatic carbocycles. The van der Waals surface area contributed by atoms with Crippen molar-refractivity contribution < 1.29 is 8.78 Å². The van der Waals surface area contributed by atoms with Crippen LogP contribution < -0.4 is 5.73 Å². The molecule has 0 amide bonds. The Hall–Kier alpha value is -1.46. The predicted octanol–water partition coefficient (Wildman–Crippen LogP) is 2.59. The Morgan fingerprint density at radius 3 is 2.59 bits per heavy atom. The van der Waals surface area contributed by atoms with Gasteiger partial charge < -0.3 is 10.3 Å². The summed E-state index contributed by atoms with van der Waals surface area (Å²) in [5.41, 5.74) is 6.54. The normalized spacial score (nSPS) is 12.0. The van der Waals surface area contributed by atoms with Crippen LogP contribution in [-0.4, -0.2) is 9.55 Å². The van der Waals surface area contributed by atoms with E-state index in [1.165, 1.54) is 23.0 Å². The third-order valence-electron chi connectivity index (χ3n) is 2.26. The molecular weight excluding hydrogens is 248 g/mol. The van der Waals surface area contributed by atoms with Gasteiger partial charge in [0.15, 0.2) is 0 Å². The Balaban J connectivity index is 0.00000144. The number of hydrogen-bond acceptors (Lipinski definition) is 2. The zero-order valence-corrected chi connectivity index (χ0v) is 9.92. The summed E-state index contributed by atoms with van der Waals surface area (Å²) >= 11 is 0. The highest BCUT2D eigenvalue weighted by molar-refractivity contribution is 5.85. The van der Waals surface area contributed by atoms with E-state index in [2.05, 4.69) is 4.98 Å². The van der Waals surface area contributed by atoms with E-state index in [1.807, 2.05) is 0 Å². The van der Waals surface area contributed by atoms with E-state index in [0.29, 0.717) is 5.69 Å². The third-order valence-corrected chi connectivity index (χ3v) is 2.26. The predicted molar refractivity (Wildman–Crippen MR) is 63.3 cm³/mol. The molecule has 6 heteroatoms. The minimum Gasteiger partial charge on any atom is -0.323 e. The van der Waals surface area contributed by atoms with Gasteiger partial charge in [-0.05, 0) is 19.1 Å². The SMILES string of the molecule is CC(N)c1cn(-c2ccc(F)cc2F)cn1.Cl. The van der Waals surface area contributed by atoms with Gasteiger partial charge in [-0.1, -0.05) is 0 Å². The van der Waals surface area contributed by atoms with Gasteiger partial charge in [0, 0.05) is 18.3 Å². The molecule has 2 N–H and O–H groups in total. The van der Waals surface area contributed by atoms with Crippen LogP contribution in [0.5, 0.6) is 0 Å². The summed E-state index contributed by atoms with van der Waals surface area (Å²) in [4.78, 5) is 4.03. The van der Waals surface area contributed by atoms with Crippen molar-refractivity contribution in [2.75, 3.05) is 0 Å². The Morgan fingerprint density at radius 1 is 1.35 bits per heavy atom. The van der Waals surface area contributed by atoms with Gasteiger partial charge in [0.05, 0.1) is 17.7 Å². The van der Waals surface area contributed by atoms with Crippen molar-refractivity contribution in [2.24, 2.45) is 5.73 Å². The van der Waals surface area contributed by atoms with Gasteiger partial charge in [-0.25, -0.2) is 13.8 Å². The molecule has 0 saturated carbocycles. The van der Waals surface area contributed by atoms with Gasteiger partial charge in [0.1, 0.15) is 11.6 Å². The van der Waals surface area contributed by atoms with Crippen molar-refractivity contribution in [2.45, 2.75) is 13.0 Å². The standard InChI is InChI=1S/C11H11F2N3.ClH/c1-7(14)10-5-16(6-15-10)11-3-2-8(12)4-9(11)13;/h2-7H,14H2,1H3;1H. The average molecular weight is 260 g/mol. The molecule has 1 atom stereocenters. The first kappa shape index (κ1) is 13.6. The van der Waals surface area contributed by atoms with Crippen molar-refractivity contribution in [3.63, 3.8) is 0 Å². The lowest BCUT2D eigenvalue weighted by atomic mass is 10.2. The van der Waals surface area contributed by atoms with Crippen molar-refractivity contribution in [3.05, 3.63) is 48.1 Å². The first-order valence-electron chi connectivity index (χ1n) is 4.83. The molecule has 2 aromatic rings. The fraction of sp³-hybridized carbons (Fsp3) is 0.182. The highest BCUT2D eigenvalue weighted by Crippen LogP contribution is 2.16. The van der Waals surface area contributed by atoms with Crippen molar-refractivity contribution in [1.82, 2.24) is 9.55 Å². The molecule has 0 bridgehead atoms. The van der Waals surface area contributed by atoms with E-state index in [-0.39, 0.29) is 24.1 Å². The number of benzene rings is 1. The molecule has 17 heavy (non-hydrogen) atoms. The minimum absolute atomic E-state index is 0. The number of nitrogens with zero attached hydrogens (tertiary/aromatic N) is 2. The van der Waals surface area contributed by atoms with Crippen molar-refractivity contribution in [1.29, 1.82) is 0 Å². The Labute approximate surface area is 104 Å². The number of rotatable bonds is 2. The van der Waals surface area contributed by atoms with Crippen LogP contribution in [0.4, 0.5) is 8.78 Å². The third kappa shape index (κ3) is 2.81. The van der Waals surface area contributed by atoms with E-state index < -0.39 is 11.6 Å². The average Bonchev–Trinajstić information content (AvgIpc) is 2.66. The maximum Gasteiger partial charge on any atom is 0.150 e. The molecule has 1 aromatic heterocycles. The van der Waals surface area contributed by atoms with Gasteiger partial charge in [0.25, 0.3) is 0 Å². The fourth-order valence-corrected chi connectivity index (χ4v) is 1.40. The largest absolute Gasteiger partial charge is 0.323 e. The molecular formula is C11H12ClF2N3. The van der Waals surface area contributed by atoms with Gasteiger partial charge in [-0.15, -0.1) is 12.4 Å². The fourth-order valence-electron chi connectivity index (χ4n) is 1.40. The molecule has 92 valence electrons. The van der Waals surface area contributed by atoms with Crippen LogP contribution in [0.3, 0.4) is 0 Å². The van der Waals surface area contributed by atoms with Gasteiger partial charge in [-0.3, -0.25) is 0 Å². The molecule has 0 fully saturated rings. The molecule has 0 spiro atoms. The van der Waals surface area contributed by atoms with Gasteiger partial charge in [0.2, 0.25) is 0 Å². The monoisotopic (exact) mass is 259 g/mol. The first-order chi connectivity index (χ1) is 7.58. The summed E-state index contributed by atoms with van der Waals surface area (Å²) in [6.07, 6.45) is 3.08. The Morgan fingerprint density at radius 2 is 2.06 bits per heavy atom. The molecule has 0 aliphatic heterocycles. The minimum atomic E-state index is -0.631. The zero-order chi connectivity index (χ0) is 11.7. The van der Waals surface area contributed by atoms with Crippen LogP contribution in [-0.2, 0) is 0 Å². The lowest BCUT2D eigenvalue weighted by molar-refractivity contribution is 0.577. The topological polar surface area (TPSA) is 43.8 Å². The van der Waals surface area contributed by atoms with Crippen molar-refractivity contribution in [3.8, 4) is 5.69 Å².